The van der Waals surface area contributed by atoms with Crippen LogP contribution in [0.3, 0.4) is 0 Å². The molecule has 1 amide bonds. The Balaban J connectivity index is 1.56. The van der Waals surface area contributed by atoms with Crippen LogP contribution in [0.5, 0.6) is 5.75 Å². The standard InChI is InChI=1S/C25H26N4O2/c1-3-31-19-10-8-18(9-11-19)25-24-21(20-6-4-5-7-22(20)26-24)13-15-29(25)23(30)16-28-14-12-17(2)27-28/h4-12,14,25-26H,3,13,15-16H2,1-2H3. The fourth-order valence-corrected chi connectivity index (χ4v) is 4.55. The predicted molar refractivity (Wildman–Crippen MR) is 120 cm³/mol. The SMILES string of the molecule is CCOc1ccc(C2c3[nH]c4ccccc4c3CCN2C(=O)Cn2ccc(C)n2)cc1. The second-order valence-corrected chi connectivity index (χ2v) is 7.96. The van der Waals surface area contributed by atoms with Gasteiger partial charge in [-0.25, -0.2) is 0 Å². The van der Waals surface area contributed by atoms with E-state index < -0.39 is 0 Å². The van der Waals surface area contributed by atoms with Crippen LogP contribution in [0.4, 0.5) is 0 Å². The Morgan fingerprint density at radius 3 is 2.71 bits per heavy atom. The Hall–Kier alpha value is -3.54. The summed E-state index contributed by atoms with van der Waals surface area (Å²) in [6.45, 7) is 5.44. The normalized spacial score (nSPS) is 15.8. The van der Waals surface area contributed by atoms with E-state index >= 15 is 0 Å². The average Bonchev–Trinajstić information content (AvgIpc) is 3.36. The molecule has 0 aliphatic carbocycles. The molecule has 158 valence electrons. The zero-order chi connectivity index (χ0) is 21.4. The van der Waals surface area contributed by atoms with Gasteiger partial charge in [0.05, 0.1) is 18.3 Å². The lowest BCUT2D eigenvalue weighted by atomic mass is 9.92. The number of nitrogens with one attached hydrogen (secondary N) is 1. The lowest BCUT2D eigenvalue weighted by Crippen LogP contribution is -2.42. The van der Waals surface area contributed by atoms with Gasteiger partial charge in [0.2, 0.25) is 5.91 Å². The highest BCUT2D eigenvalue weighted by Crippen LogP contribution is 2.39. The summed E-state index contributed by atoms with van der Waals surface area (Å²) in [6, 6.07) is 18.2. The lowest BCUT2D eigenvalue weighted by Gasteiger charge is -2.36. The maximum absolute atomic E-state index is 13.4. The van der Waals surface area contributed by atoms with Crippen molar-refractivity contribution < 1.29 is 9.53 Å². The molecule has 1 aliphatic rings. The van der Waals surface area contributed by atoms with Gasteiger partial charge in [0, 0.05) is 29.3 Å². The van der Waals surface area contributed by atoms with Gasteiger partial charge in [-0.1, -0.05) is 30.3 Å². The zero-order valence-corrected chi connectivity index (χ0v) is 17.8. The lowest BCUT2D eigenvalue weighted by molar-refractivity contribution is -0.134. The van der Waals surface area contributed by atoms with Crippen molar-refractivity contribution in [3.8, 4) is 5.75 Å². The summed E-state index contributed by atoms with van der Waals surface area (Å²) in [5, 5.41) is 5.64. The molecular weight excluding hydrogens is 388 g/mol. The van der Waals surface area contributed by atoms with Crippen LogP contribution in [0, 0.1) is 6.92 Å². The molecular formula is C25H26N4O2. The molecule has 5 rings (SSSR count). The third-order valence-corrected chi connectivity index (χ3v) is 5.93. The summed E-state index contributed by atoms with van der Waals surface area (Å²) in [5.41, 5.74) is 5.49. The van der Waals surface area contributed by atoms with Gasteiger partial charge in [0.25, 0.3) is 0 Å². The molecule has 0 bridgehead atoms. The number of para-hydroxylation sites is 1. The highest BCUT2D eigenvalue weighted by molar-refractivity contribution is 5.86. The Bertz CT molecular complexity index is 1220. The third kappa shape index (κ3) is 3.58. The number of carbonyl (C=O) groups excluding carboxylic acids is 1. The van der Waals surface area contributed by atoms with Crippen molar-refractivity contribution >= 4 is 16.8 Å². The molecule has 2 aromatic heterocycles. The summed E-state index contributed by atoms with van der Waals surface area (Å²) in [7, 11) is 0. The summed E-state index contributed by atoms with van der Waals surface area (Å²) in [6.07, 6.45) is 2.69. The van der Waals surface area contributed by atoms with E-state index in [0.29, 0.717) is 13.2 Å². The second kappa shape index (κ2) is 7.95. The highest BCUT2D eigenvalue weighted by atomic mass is 16.5. The Labute approximate surface area is 181 Å². The third-order valence-electron chi connectivity index (χ3n) is 5.93. The van der Waals surface area contributed by atoms with Gasteiger partial charge in [-0.05, 0) is 55.7 Å². The Morgan fingerprint density at radius 2 is 1.97 bits per heavy atom. The van der Waals surface area contributed by atoms with Crippen molar-refractivity contribution in [2.75, 3.05) is 13.2 Å². The first kappa shape index (κ1) is 19.4. The molecule has 6 nitrogen and oxygen atoms in total. The molecule has 31 heavy (non-hydrogen) atoms. The summed E-state index contributed by atoms with van der Waals surface area (Å²) in [4.78, 5) is 19.0. The first-order valence-corrected chi connectivity index (χ1v) is 10.8. The van der Waals surface area contributed by atoms with Gasteiger partial charge in [-0.15, -0.1) is 0 Å². The molecule has 3 heterocycles. The van der Waals surface area contributed by atoms with Crippen molar-refractivity contribution in [2.24, 2.45) is 0 Å². The predicted octanol–water partition coefficient (Wildman–Crippen LogP) is 4.25. The first-order valence-electron chi connectivity index (χ1n) is 10.8. The van der Waals surface area contributed by atoms with Gasteiger partial charge >= 0.3 is 0 Å². The molecule has 0 fully saturated rings. The number of hydrogen-bond acceptors (Lipinski definition) is 3. The van der Waals surface area contributed by atoms with Crippen LogP contribution in [0.25, 0.3) is 10.9 Å². The molecule has 1 atom stereocenters. The number of aromatic amines is 1. The minimum absolute atomic E-state index is 0.0614. The largest absolute Gasteiger partial charge is 0.494 e. The molecule has 1 aliphatic heterocycles. The van der Waals surface area contributed by atoms with Crippen molar-refractivity contribution in [2.45, 2.75) is 32.9 Å². The number of fused-ring (bicyclic) bond motifs is 3. The molecule has 0 saturated heterocycles. The number of rotatable bonds is 5. The van der Waals surface area contributed by atoms with E-state index in [9.17, 15) is 4.79 Å². The summed E-state index contributed by atoms with van der Waals surface area (Å²) < 4.78 is 7.34. The van der Waals surface area contributed by atoms with Gasteiger partial charge < -0.3 is 14.6 Å². The fraction of sp³-hybridized carbons (Fsp3) is 0.280. The summed E-state index contributed by atoms with van der Waals surface area (Å²) >= 11 is 0. The number of ether oxygens (including phenoxy) is 1. The van der Waals surface area contributed by atoms with E-state index in [1.54, 1.807) is 4.68 Å². The van der Waals surface area contributed by atoms with Crippen LogP contribution >= 0.6 is 0 Å². The highest BCUT2D eigenvalue weighted by Gasteiger charge is 2.34. The monoisotopic (exact) mass is 414 g/mol. The maximum Gasteiger partial charge on any atom is 0.245 e. The Morgan fingerprint density at radius 1 is 1.16 bits per heavy atom. The van der Waals surface area contributed by atoms with E-state index in [1.165, 1.54) is 10.9 Å². The molecule has 0 saturated carbocycles. The van der Waals surface area contributed by atoms with Gasteiger partial charge in [-0.2, -0.15) is 5.10 Å². The van der Waals surface area contributed by atoms with E-state index in [-0.39, 0.29) is 18.5 Å². The molecule has 0 radical (unpaired) electrons. The van der Waals surface area contributed by atoms with Crippen LogP contribution in [-0.4, -0.2) is 38.7 Å². The number of hydrogen-bond donors (Lipinski definition) is 1. The molecule has 0 spiro atoms. The number of H-pyrrole nitrogens is 1. The van der Waals surface area contributed by atoms with Crippen LogP contribution < -0.4 is 4.74 Å². The van der Waals surface area contributed by atoms with Crippen LogP contribution in [-0.2, 0) is 17.8 Å². The smallest absolute Gasteiger partial charge is 0.245 e. The maximum atomic E-state index is 13.4. The Kier molecular flexibility index (Phi) is 4.98. The second-order valence-electron chi connectivity index (χ2n) is 7.96. The first-order chi connectivity index (χ1) is 15.1. The van der Waals surface area contributed by atoms with Gasteiger partial charge in [0.1, 0.15) is 12.3 Å². The number of nitrogens with zero attached hydrogens (tertiary/aromatic N) is 3. The van der Waals surface area contributed by atoms with Gasteiger partial charge in [0.15, 0.2) is 0 Å². The molecule has 6 heteroatoms. The summed E-state index contributed by atoms with van der Waals surface area (Å²) in [5.74, 6) is 0.898. The van der Waals surface area contributed by atoms with E-state index in [4.69, 9.17) is 4.74 Å². The zero-order valence-electron chi connectivity index (χ0n) is 17.8. The molecule has 2 aromatic carbocycles. The van der Waals surface area contributed by atoms with Crippen molar-refractivity contribution in [3.63, 3.8) is 0 Å². The number of aryl methyl sites for hydroxylation is 1. The van der Waals surface area contributed by atoms with Crippen molar-refractivity contribution in [1.82, 2.24) is 19.7 Å². The van der Waals surface area contributed by atoms with E-state index in [0.717, 1.165) is 34.6 Å². The quantitative estimate of drug-likeness (QED) is 0.531. The number of carbonyl (C=O) groups is 1. The van der Waals surface area contributed by atoms with Crippen LogP contribution in [0.2, 0.25) is 0 Å². The van der Waals surface area contributed by atoms with Gasteiger partial charge in [-0.3, -0.25) is 9.48 Å². The number of benzene rings is 2. The fourth-order valence-electron chi connectivity index (χ4n) is 4.55. The minimum Gasteiger partial charge on any atom is -0.494 e. The average molecular weight is 415 g/mol. The number of aromatic nitrogens is 3. The van der Waals surface area contributed by atoms with E-state index in [1.807, 2.05) is 49.2 Å². The van der Waals surface area contributed by atoms with E-state index in [2.05, 4.69) is 40.4 Å². The van der Waals surface area contributed by atoms with Crippen molar-refractivity contribution in [1.29, 1.82) is 0 Å². The molecule has 4 aromatic rings. The molecule has 1 N–H and O–H groups in total. The minimum atomic E-state index is -0.170. The molecule has 1 unspecified atom stereocenters. The number of amides is 1. The van der Waals surface area contributed by atoms with Crippen LogP contribution in [0.1, 0.15) is 35.5 Å². The topological polar surface area (TPSA) is 63.1 Å². The van der Waals surface area contributed by atoms with Crippen molar-refractivity contribution in [3.05, 3.63) is 83.3 Å². The van der Waals surface area contributed by atoms with Crippen LogP contribution in [0.15, 0.2) is 60.8 Å².